The number of carbonyl (C=O) groups excluding carboxylic acids is 1. The van der Waals surface area contributed by atoms with Crippen molar-refractivity contribution >= 4 is 16.7 Å². The molecule has 1 amide bonds. The van der Waals surface area contributed by atoms with Gasteiger partial charge in [-0.15, -0.1) is 0 Å². The van der Waals surface area contributed by atoms with Gasteiger partial charge in [0.2, 0.25) is 5.91 Å². The van der Waals surface area contributed by atoms with E-state index in [9.17, 15) is 22.4 Å². The summed E-state index contributed by atoms with van der Waals surface area (Å²) in [6.07, 6.45) is -1.32. The van der Waals surface area contributed by atoms with Gasteiger partial charge in [0.25, 0.3) is 0 Å². The van der Waals surface area contributed by atoms with Gasteiger partial charge in [-0.25, -0.2) is 4.39 Å². The predicted molar refractivity (Wildman–Crippen MR) is 93.4 cm³/mol. The highest BCUT2D eigenvalue weighted by atomic mass is 19.4. The zero-order valence-corrected chi connectivity index (χ0v) is 14.3. The number of nitrogens with one attached hydrogen (secondary N) is 1. The van der Waals surface area contributed by atoms with Crippen molar-refractivity contribution in [1.29, 1.82) is 0 Å². The first-order valence-corrected chi connectivity index (χ1v) is 8.23. The highest BCUT2D eigenvalue weighted by Crippen LogP contribution is 2.32. The lowest BCUT2D eigenvalue weighted by Gasteiger charge is -2.16. The summed E-state index contributed by atoms with van der Waals surface area (Å²) in [5.74, 6) is -1.67. The van der Waals surface area contributed by atoms with Crippen molar-refractivity contribution in [3.05, 3.63) is 77.4 Å². The molecule has 1 aromatic heterocycles. The molecule has 0 spiro atoms. The standard InChI is InChI=1S/C20H16F4N2O/c1-12(13-5-6-17(18(21)9-13)20(22,23)24)26-19(27)10-14-3-2-4-15-11-25-8-7-16(14)15/h2-9,11-12H,10H2,1H3,(H,26,27). The Kier molecular flexibility index (Phi) is 5.12. The van der Waals surface area contributed by atoms with E-state index in [2.05, 4.69) is 10.3 Å². The second-order valence-electron chi connectivity index (χ2n) is 6.22. The van der Waals surface area contributed by atoms with Crippen LogP contribution in [-0.2, 0) is 17.4 Å². The quantitative estimate of drug-likeness (QED) is 0.664. The van der Waals surface area contributed by atoms with E-state index in [0.29, 0.717) is 6.07 Å². The fourth-order valence-electron chi connectivity index (χ4n) is 2.92. The van der Waals surface area contributed by atoms with Gasteiger partial charge in [0.1, 0.15) is 5.82 Å². The van der Waals surface area contributed by atoms with E-state index in [-0.39, 0.29) is 17.9 Å². The van der Waals surface area contributed by atoms with Gasteiger partial charge >= 0.3 is 6.18 Å². The lowest BCUT2D eigenvalue weighted by Crippen LogP contribution is -2.28. The van der Waals surface area contributed by atoms with Crippen LogP contribution in [0.4, 0.5) is 17.6 Å². The average molecular weight is 376 g/mol. The Labute approximate surface area is 153 Å². The molecular weight excluding hydrogens is 360 g/mol. The molecule has 2 aromatic carbocycles. The van der Waals surface area contributed by atoms with Crippen molar-refractivity contribution in [1.82, 2.24) is 10.3 Å². The second kappa shape index (κ2) is 7.34. The molecule has 0 saturated heterocycles. The minimum absolute atomic E-state index is 0.0921. The van der Waals surface area contributed by atoms with Crippen LogP contribution >= 0.6 is 0 Å². The molecule has 1 atom stereocenters. The van der Waals surface area contributed by atoms with Crippen molar-refractivity contribution in [3.63, 3.8) is 0 Å². The van der Waals surface area contributed by atoms with Crippen LogP contribution in [0.5, 0.6) is 0 Å². The number of rotatable bonds is 4. The number of nitrogens with zero attached hydrogens (tertiary/aromatic N) is 1. The number of pyridine rings is 1. The zero-order chi connectivity index (χ0) is 19.6. The molecule has 1 N–H and O–H groups in total. The molecule has 7 heteroatoms. The van der Waals surface area contributed by atoms with E-state index < -0.39 is 23.6 Å². The molecule has 0 fully saturated rings. The SMILES string of the molecule is CC(NC(=O)Cc1cccc2cnccc12)c1ccc(C(F)(F)F)c(F)c1. The van der Waals surface area contributed by atoms with E-state index in [0.717, 1.165) is 22.4 Å². The van der Waals surface area contributed by atoms with Gasteiger partial charge in [-0.2, -0.15) is 13.2 Å². The van der Waals surface area contributed by atoms with Crippen molar-refractivity contribution in [2.75, 3.05) is 0 Å². The van der Waals surface area contributed by atoms with Crippen molar-refractivity contribution < 1.29 is 22.4 Å². The third-order valence-electron chi connectivity index (χ3n) is 4.30. The molecule has 1 unspecified atom stereocenters. The van der Waals surface area contributed by atoms with Gasteiger partial charge in [-0.3, -0.25) is 9.78 Å². The highest BCUT2D eigenvalue weighted by Gasteiger charge is 2.34. The lowest BCUT2D eigenvalue weighted by atomic mass is 10.0. The monoisotopic (exact) mass is 376 g/mol. The molecule has 3 aromatic rings. The first kappa shape index (κ1) is 18.8. The van der Waals surface area contributed by atoms with Crippen molar-refractivity contribution in [2.24, 2.45) is 0 Å². The molecule has 27 heavy (non-hydrogen) atoms. The molecule has 1 heterocycles. The van der Waals surface area contributed by atoms with Crippen LogP contribution in [0.15, 0.2) is 54.9 Å². The van der Waals surface area contributed by atoms with E-state index in [4.69, 9.17) is 0 Å². The minimum atomic E-state index is -4.75. The number of fused-ring (bicyclic) bond motifs is 1. The number of hydrogen-bond donors (Lipinski definition) is 1. The summed E-state index contributed by atoms with van der Waals surface area (Å²) in [4.78, 5) is 16.4. The van der Waals surface area contributed by atoms with Gasteiger partial charge in [-0.05, 0) is 41.6 Å². The lowest BCUT2D eigenvalue weighted by molar-refractivity contribution is -0.140. The van der Waals surface area contributed by atoms with Crippen LogP contribution in [0.2, 0.25) is 0 Å². The Morgan fingerprint density at radius 1 is 1.19 bits per heavy atom. The molecule has 140 valence electrons. The van der Waals surface area contributed by atoms with Gasteiger partial charge < -0.3 is 5.32 Å². The Morgan fingerprint density at radius 3 is 2.67 bits per heavy atom. The maximum atomic E-state index is 13.7. The number of aromatic nitrogens is 1. The number of alkyl halides is 3. The Bertz CT molecular complexity index is 980. The summed E-state index contributed by atoms with van der Waals surface area (Å²) >= 11 is 0. The van der Waals surface area contributed by atoms with Crippen molar-refractivity contribution in [3.8, 4) is 0 Å². The minimum Gasteiger partial charge on any atom is -0.349 e. The van der Waals surface area contributed by atoms with Crippen LogP contribution in [0, 0.1) is 5.82 Å². The molecule has 0 aliphatic carbocycles. The van der Waals surface area contributed by atoms with Crippen LogP contribution in [0.3, 0.4) is 0 Å². The summed E-state index contributed by atoms with van der Waals surface area (Å²) in [5.41, 5.74) is -0.261. The summed E-state index contributed by atoms with van der Waals surface area (Å²) in [5, 5.41) is 4.49. The van der Waals surface area contributed by atoms with E-state index in [1.165, 1.54) is 6.07 Å². The largest absolute Gasteiger partial charge is 0.419 e. The fraction of sp³-hybridized carbons (Fsp3) is 0.200. The van der Waals surface area contributed by atoms with Gasteiger partial charge in [0, 0.05) is 17.8 Å². The number of amides is 1. The van der Waals surface area contributed by atoms with Gasteiger partial charge in [0.15, 0.2) is 0 Å². The predicted octanol–water partition coefficient (Wildman–Crippen LogP) is 4.81. The number of halogens is 4. The molecule has 0 aliphatic rings. The summed E-state index contributed by atoms with van der Waals surface area (Å²) in [6, 6.07) is 9.37. The molecule has 0 radical (unpaired) electrons. The second-order valence-corrected chi connectivity index (χ2v) is 6.22. The van der Waals surface area contributed by atoms with E-state index in [1.54, 1.807) is 19.3 Å². The Morgan fingerprint density at radius 2 is 1.96 bits per heavy atom. The van der Waals surface area contributed by atoms with E-state index in [1.807, 2.05) is 24.3 Å². The number of carbonyl (C=O) groups is 1. The Balaban J connectivity index is 1.73. The zero-order valence-electron chi connectivity index (χ0n) is 14.3. The number of hydrogen-bond acceptors (Lipinski definition) is 2. The van der Waals surface area contributed by atoms with Crippen LogP contribution in [-0.4, -0.2) is 10.9 Å². The normalized spacial score (nSPS) is 12.8. The molecule has 3 rings (SSSR count). The topological polar surface area (TPSA) is 42.0 Å². The smallest absolute Gasteiger partial charge is 0.349 e. The third-order valence-corrected chi connectivity index (χ3v) is 4.30. The summed E-state index contributed by atoms with van der Waals surface area (Å²) in [7, 11) is 0. The first-order chi connectivity index (χ1) is 12.8. The van der Waals surface area contributed by atoms with Crippen molar-refractivity contribution in [2.45, 2.75) is 25.6 Å². The maximum Gasteiger partial charge on any atom is 0.419 e. The fourth-order valence-corrected chi connectivity index (χ4v) is 2.92. The molecule has 0 saturated carbocycles. The highest BCUT2D eigenvalue weighted by molar-refractivity contribution is 5.89. The summed E-state index contributed by atoms with van der Waals surface area (Å²) in [6.45, 7) is 1.59. The van der Waals surface area contributed by atoms with Gasteiger partial charge in [0.05, 0.1) is 18.0 Å². The van der Waals surface area contributed by atoms with Gasteiger partial charge in [-0.1, -0.05) is 24.3 Å². The summed E-state index contributed by atoms with van der Waals surface area (Å²) < 4.78 is 51.7. The molecule has 0 bridgehead atoms. The van der Waals surface area contributed by atoms with Crippen LogP contribution in [0.1, 0.15) is 29.7 Å². The third kappa shape index (κ3) is 4.24. The van der Waals surface area contributed by atoms with Crippen LogP contribution in [0.25, 0.3) is 10.8 Å². The molecule has 3 nitrogen and oxygen atoms in total. The number of benzene rings is 2. The Hall–Kier alpha value is -2.96. The maximum absolute atomic E-state index is 13.7. The molecule has 0 aliphatic heterocycles. The van der Waals surface area contributed by atoms with E-state index >= 15 is 0 Å². The average Bonchev–Trinajstić information content (AvgIpc) is 2.60. The van der Waals surface area contributed by atoms with Crippen LogP contribution < -0.4 is 5.32 Å². The molecular formula is C20H16F4N2O. The first-order valence-electron chi connectivity index (χ1n) is 8.23.